The van der Waals surface area contributed by atoms with Gasteiger partial charge in [-0.1, -0.05) is 0 Å². The summed E-state index contributed by atoms with van der Waals surface area (Å²) in [6.07, 6.45) is 0. The Bertz CT molecular complexity index is 999. The molecule has 6 nitrogen and oxygen atoms in total. The fraction of sp³-hybridized carbons (Fsp3) is 0.231. The molecule has 0 spiro atoms. The van der Waals surface area contributed by atoms with Crippen LogP contribution in [0.15, 0.2) is 72.8 Å². The van der Waals surface area contributed by atoms with Gasteiger partial charge in [0.2, 0.25) is 0 Å². The quantitative estimate of drug-likeness (QED) is 0.560. The number of amides is 2. The fourth-order valence-corrected chi connectivity index (χ4v) is 3.16. The van der Waals surface area contributed by atoms with Crippen LogP contribution in [0.25, 0.3) is 0 Å². The molecule has 2 amide bonds. The van der Waals surface area contributed by atoms with Crippen molar-refractivity contribution < 1.29 is 9.59 Å². The summed E-state index contributed by atoms with van der Waals surface area (Å²) in [6.45, 7) is 0. The van der Waals surface area contributed by atoms with Crippen molar-refractivity contribution in [2.24, 2.45) is 0 Å². The lowest BCUT2D eigenvalue weighted by Gasteiger charge is -2.23. The highest BCUT2D eigenvalue weighted by molar-refractivity contribution is 6.07. The van der Waals surface area contributed by atoms with E-state index in [9.17, 15) is 9.59 Å². The zero-order chi connectivity index (χ0) is 23.5. The molecule has 0 saturated carbocycles. The molecule has 0 aliphatic carbocycles. The minimum atomic E-state index is -0.217. The highest BCUT2D eigenvalue weighted by atomic mass is 16.2. The summed E-state index contributed by atoms with van der Waals surface area (Å²) in [5, 5.41) is 5.79. The van der Waals surface area contributed by atoms with Crippen LogP contribution in [-0.4, -0.2) is 54.1 Å². The van der Waals surface area contributed by atoms with Crippen LogP contribution in [0.4, 0.5) is 22.7 Å². The van der Waals surface area contributed by atoms with Crippen molar-refractivity contribution in [3.05, 3.63) is 83.9 Å². The molecule has 0 saturated heterocycles. The van der Waals surface area contributed by atoms with E-state index in [1.165, 1.54) is 0 Å². The van der Waals surface area contributed by atoms with Crippen LogP contribution in [0, 0.1) is 0 Å². The number of carbonyl (C=O) groups is 2. The summed E-state index contributed by atoms with van der Waals surface area (Å²) in [4.78, 5) is 25.1. The third-order valence-corrected chi connectivity index (χ3v) is 5.21. The average molecular weight is 433 g/mol. The first-order valence-electron chi connectivity index (χ1n) is 10.5. The first kappa shape index (κ1) is 23.2. The standard InChI is InChI=1S/C26H30N4O2/c1-29(2,3)23-15-11-21(12-16-23)27-25(31)19-7-9-20(10-8-19)26(32)28-22-13-17-24(18-14-22)30(4,5)6/h7-18H,1-6H3/p+2. The van der Waals surface area contributed by atoms with Gasteiger partial charge in [-0.2, -0.15) is 0 Å². The summed E-state index contributed by atoms with van der Waals surface area (Å²) in [6, 6.07) is 22.2. The summed E-state index contributed by atoms with van der Waals surface area (Å²) >= 11 is 0. The number of carbonyl (C=O) groups excluding carboxylic acids is 2. The zero-order valence-electron chi connectivity index (χ0n) is 19.6. The van der Waals surface area contributed by atoms with Crippen LogP contribution in [0.1, 0.15) is 20.7 Å². The predicted molar refractivity (Wildman–Crippen MR) is 134 cm³/mol. The Kier molecular flexibility index (Phi) is 6.48. The number of hydrogen-bond acceptors (Lipinski definition) is 2. The molecule has 6 heteroatoms. The summed E-state index contributed by atoms with van der Waals surface area (Å²) in [5.74, 6) is -0.434. The number of nitrogens with one attached hydrogen (secondary N) is 2. The number of nitrogens with zero attached hydrogens (tertiary/aromatic N) is 2. The lowest BCUT2D eigenvalue weighted by Crippen LogP contribution is -2.34. The molecule has 32 heavy (non-hydrogen) atoms. The molecule has 3 aromatic rings. The molecule has 0 bridgehead atoms. The molecule has 3 aromatic carbocycles. The van der Waals surface area contributed by atoms with Gasteiger partial charge in [0.15, 0.2) is 0 Å². The zero-order valence-corrected chi connectivity index (χ0v) is 19.6. The van der Waals surface area contributed by atoms with Crippen molar-refractivity contribution in [2.45, 2.75) is 0 Å². The lowest BCUT2D eigenvalue weighted by atomic mass is 10.1. The van der Waals surface area contributed by atoms with Gasteiger partial charge in [-0.05, 0) is 48.5 Å². The second-order valence-corrected chi connectivity index (χ2v) is 9.60. The molecule has 0 aliphatic rings. The number of rotatable bonds is 6. The van der Waals surface area contributed by atoms with Gasteiger partial charge >= 0.3 is 0 Å². The van der Waals surface area contributed by atoms with E-state index in [2.05, 4.69) is 52.9 Å². The second-order valence-electron chi connectivity index (χ2n) is 9.60. The van der Waals surface area contributed by atoms with Crippen molar-refractivity contribution in [2.75, 3.05) is 52.9 Å². The predicted octanol–water partition coefficient (Wildman–Crippen LogP) is 4.58. The van der Waals surface area contributed by atoms with E-state index < -0.39 is 0 Å². The third-order valence-electron chi connectivity index (χ3n) is 5.21. The van der Waals surface area contributed by atoms with E-state index in [-0.39, 0.29) is 11.8 Å². The monoisotopic (exact) mass is 432 g/mol. The molecular formula is C26H32N4O2+2. The van der Waals surface area contributed by atoms with E-state index >= 15 is 0 Å². The van der Waals surface area contributed by atoms with Crippen molar-refractivity contribution in [1.29, 1.82) is 0 Å². The van der Waals surface area contributed by atoms with Gasteiger partial charge in [-0.25, -0.2) is 0 Å². The molecule has 0 fully saturated rings. The fourth-order valence-electron chi connectivity index (χ4n) is 3.16. The average Bonchev–Trinajstić information content (AvgIpc) is 2.73. The molecule has 0 aromatic heterocycles. The minimum Gasteiger partial charge on any atom is -0.322 e. The molecule has 0 aliphatic heterocycles. The molecule has 3 rings (SSSR count). The Labute approximate surface area is 190 Å². The van der Waals surface area contributed by atoms with Crippen LogP contribution < -0.4 is 19.6 Å². The number of quaternary nitrogens is 2. The van der Waals surface area contributed by atoms with E-state index in [1.54, 1.807) is 24.3 Å². The number of anilines is 2. The maximum absolute atomic E-state index is 12.6. The van der Waals surface area contributed by atoms with E-state index in [4.69, 9.17) is 0 Å². The van der Waals surface area contributed by atoms with Crippen LogP contribution in [0.2, 0.25) is 0 Å². The first-order chi connectivity index (χ1) is 14.9. The van der Waals surface area contributed by atoms with Crippen molar-refractivity contribution in [1.82, 2.24) is 8.97 Å². The van der Waals surface area contributed by atoms with Crippen molar-refractivity contribution in [3.8, 4) is 0 Å². The van der Waals surface area contributed by atoms with Crippen LogP contribution >= 0.6 is 0 Å². The maximum atomic E-state index is 12.6. The Morgan fingerprint density at radius 1 is 0.500 bits per heavy atom. The highest BCUT2D eigenvalue weighted by Crippen LogP contribution is 2.21. The molecule has 0 radical (unpaired) electrons. The third kappa shape index (κ3) is 5.81. The second kappa shape index (κ2) is 8.94. The van der Waals surface area contributed by atoms with Gasteiger partial charge in [0.05, 0.1) is 42.3 Å². The number of hydrogen-bond donors (Lipinski definition) is 2. The summed E-state index contributed by atoms with van der Waals surface area (Å²) < 4.78 is 1.41. The SMILES string of the molecule is C[N+](C)(C)c1ccc(NC(=O)c2ccc(C(=O)Nc3ccc([N+](C)(C)C)cc3)cc2)cc1. The van der Waals surface area contributed by atoms with Crippen LogP contribution in [-0.2, 0) is 0 Å². The molecule has 166 valence electrons. The van der Waals surface area contributed by atoms with Gasteiger partial charge in [-0.15, -0.1) is 0 Å². The van der Waals surface area contributed by atoms with E-state index in [1.807, 2.05) is 48.5 Å². The Morgan fingerprint density at radius 2 is 0.781 bits per heavy atom. The largest absolute Gasteiger partial charge is 0.322 e. The molecule has 0 atom stereocenters. The summed E-state index contributed by atoms with van der Waals surface area (Å²) in [5.41, 5.74) is 4.72. The van der Waals surface area contributed by atoms with Gasteiger partial charge < -0.3 is 10.6 Å². The van der Waals surface area contributed by atoms with Crippen molar-refractivity contribution >= 4 is 34.6 Å². The molecule has 0 unspecified atom stereocenters. The summed E-state index contributed by atoms with van der Waals surface area (Å²) in [7, 11) is 12.5. The topological polar surface area (TPSA) is 58.2 Å². The Balaban J connectivity index is 1.62. The van der Waals surface area contributed by atoms with E-state index in [0.717, 1.165) is 22.7 Å². The van der Waals surface area contributed by atoms with Gasteiger partial charge in [-0.3, -0.25) is 18.6 Å². The Hall–Kier alpha value is -3.48. The van der Waals surface area contributed by atoms with Gasteiger partial charge in [0.1, 0.15) is 11.4 Å². The molecule has 0 heterocycles. The minimum absolute atomic E-state index is 0.217. The van der Waals surface area contributed by atoms with E-state index in [0.29, 0.717) is 20.1 Å². The van der Waals surface area contributed by atoms with Gasteiger partial charge in [0, 0.05) is 46.8 Å². The van der Waals surface area contributed by atoms with Crippen molar-refractivity contribution in [3.63, 3.8) is 0 Å². The lowest BCUT2D eigenvalue weighted by molar-refractivity contribution is 0.101. The van der Waals surface area contributed by atoms with Gasteiger partial charge in [0.25, 0.3) is 11.8 Å². The smallest absolute Gasteiger partial charge is 0.255 e. The molecular weight excluding hydrogens is 400 g/mol. The normalized spacial score (nSPS) is 11.7. The maximum Gasteiger partial charge on any atom is 0.255 e. The van der Waals surface area contributed by atoms with Crippen LogP contribution in [0.3, 0.4) is 0 Å². The first-order valence-corrected chi connectivity index (χ1v) is 10.5. The highest BCUT2D eigenvalue weighted by Gasteiger charge is 2.14. The number of benzene rings is 3. The molecule has 2 N–H and O–H groups in total. The Morgan fingerprint density at radius 3 is 1.03 bits per heavy atom. The van der Waals surface area contributed by atoms with Crippen LogP contribution in [0.5, 0.6) is 0 Å².